The minimum atomic E-state index is -0.0581. The van der Waals surface area contributed by atoms with Crippen LogP contribution in [-0.4, -0.2) is 41.8 Å². The van der Waals surface area contributed by atoms with Crippen molar-refractivity contribution in [3.05, 3.63) is 12.7 Å². The van der Waals surface area contributed by atoms with E-state index in [0.29, 0.717) is 25.0 Å². The van der Waals surface area contributed by atoms with Gasteiger partial charge in [-0.05, 0) is 18.3 Å². The van der Waals surface area contributed by atoms with Crippen molar-refractivity contribution < 1.29 is 9.90 Å². The van der Waals surface area contributed by atoms with Crippen molar-refractivity contribution in [1.82, 2.24) is 10.2 Å². The minimum Gasteiger partial charge on any atom is -0.395 e. The number of nitrogens with one attached hydrogen (secondary N) is 1. The maximum Gasteiger partial charge on any atom is 0.317 e. The summed E-state index contributed by atoms with van der Waals surface area (Å²) in [5.41, 5.74) is 0. The number of urea groups is 1. The Morgan fingerprint density at radius 2 is 2.11 bits per heavy atom. The number of carbonyl (C=O) groups excluding carboxylic acids is 1. The van der Waals surface area contributed by atoms with Crippen LogP contribution in [0.4, 0.5) is 4.79 Å². The first-order valence-electron chi connectivity index (χ1n) is 7.53. The first-order valence-corrected chi connectivity index (χ1v) is 7.53. The molecule has 2 aliphatic carbocycles. The van der Waals surface area contributed by atoms with Gasteiger partial charge < -0.3 is 15.3 Å². The summed E-state index contributed by atoms with van der Waals surface area (Å²) >= 11 is 0. The van der Waals surface area contributed by atoms with Gasteiger partial charge in [0.25, 0.3) is 0 Å². The standard InChI is InChI=1S/C15H26N2O2/c1-2-8-17(9-10-18)15(19)16-14-11-13(14)12-6-4-3-5-7-12/h2,12-14,18H,1,3-11H2,(H,16,19)/t13-,14+/m1/s1. The van der Waals surface area contributed by atoms with Crippen LogP contribution in [0.5, 0.6) is 0 Å². The van der Waals surface area contributed by atoms with Gasteiger partial charge in [-0.1, -0.05) is 38.2 Å². The van der Waals surface area contributed by atoms with Crippen LogP contribution in [0.15, 0.2) is 12.7 Å². The molecule has 0 aromatic rings. The largest absolute Gasteiger partial charge is 0.395 e. The summed E-state index contributed by atoms with van der Waals surface area (Å²) in [6.07, 6.45) is 9.60. The normalized spacial score (nSPS) is 26.8. The molecule has 2 atom stereocenters. The number of amides is 2. The number of aliphatic hydroxyl groups excluding tert-OH is 1. The van der Waals surface area contributed by atoms with Crippen molar-refractivity contribution in [3.8, 4) is 0 Å². The lowest BCUT2D eigenvalue weighted by molar-refractivity contribution is 0.182. The summed E-state index contributed by atoms with van der Waals surface area (Å²) in [6, 6.07) is 0.305. The van der Waals surface area contributed by atoms with Crippen molar-refractivity contribution in [1.29, 1.82) is 0 Å². The quantitative estimate of drug-likeness (QED) is 0.724. The molecule has 2 saturated carbocycles. The highest BCUT2D eigenvalue weighted by molar-refractivity contribution is 5.75. The second-order valence-corrected chi connectivity index (χ2v) is 5.81. The lowest BCUT2D eigenvalue weighted by atomic mass is 9.85. The second kappa shape index (κ2) is 6.94. The van der Waals surface area contributed by atoms with Gasteiger partial charge in [0, 0.05) is 19.1 Å². The number of aliphatic hydroxyl groups is 1. The first kappa shape index (κ1) is 14.4. The number of hydrogen-bond donors (Lipinski definition) is 2. The predicted molar refractivity (Wildman–Crippen MR) is 75.9 cm³/mol. The molecule has 2 N–H and O–H groups in total. The van der Waals surface area contributed by atoms with Crippen LogP contribution in [0.2, 0.25) is 0 Å². The van der Waals surface area contributed by atoms with Crippen LogP contribution in [0, 0.1) is 11.8 Å². The van der Waals surface area contributed by atoms with Gasteiger partial charge in [-0.15, -0.1) is 6.58 Å². The van der Waals surface area contributed by atoms with Crippen molar-refractivity contribution in [2.75, 3.05) is 19.7 Å². The predicted octanol–water partition coefficient (Wildman–Crippen LogP) is 2.15. The number of hydrogen-bond acceptors (Lipinski definition) is 2. The molecule has 4 nitrogen and oxygen atoms in total. The lowest BCUT2D eigenvalue weighted by Crippen LogP contribution is -2.43. The molecule has 0 bridgehead atoms. The van der Waals surface area contributed by atoms with E-state index < -0.39 is 0 Å². The molecule has 108 valence electrons. The Bertz CT molecular complexity index is 313. The van der Waals surface area contributed by atoms with Crippen LogP contribution in [-0.2, 0) is 0 Å². The maximum absolute atomic E-state index is 12.1. The van der Waals surface area contributed by atoms with E-state index in [-0.39, 0.29) is 12.6 Å². The molecule has 0 radical (unpaired) electrons. The van der Waals surface area contributed by atoms with Gasteiger partial charge in [-0.3, -0.25) is 0 Å². The maximum atomic E-state index is 12.1. The lowest BCUT2D eigenvalue weighted by Gasteiger charge is -2.23. The third-order valence-corrected chi connectivity index (χ3v) is 4.41. The Morgan fingerprint density at radius 3 is 2.74 bits per heavy atom. The van der Waals surface area contributed by atoms with Gasteiger partial charge >= 0.3 is 6.03 Å². The fourth-order valence-electron chi connectivity index (χ4n) is 3.27. The molecule has 0 spiro atoms. The molecule has 2 aliphatic rings. The van der Waals surface area contributed by atoms with Gasteiger partial charge in [-0.25, -0.2) is 4.79 Å². The van der Waals surface area contributed by atoms with E-state index in [4.69, 9.17) is 5.11 Å². The SMILES string of the molecule is C=CCN(CCO)C(=O)N[C@H]1C[C@@H]1C1CCCCC1. The highest BCUT2D eigenvalue weighted by atomic mass is 16.3. The summed E-state index contributed by atoms with van der Waals surface area (Å²) < 4.78 is 0. The molecular weight excluding hydrogens is 240 g/mol. The Morgan fingerprint density at radius 1 is 1.37 bits per heavy atom. The molecule has 4 heteroatoms. The average molecular weight is 266 g/mol. The zero-order chi connectivity index (χ0) is 13.7. The van der Waals surface area contributed by atoms with Crippen LogP contribution in [0.25, 0.3) is 0 Å². The zero-order valence-electron chi connectivity index (χ0n) is 11.7. The number of carbonyl (C=O) groups is 1. The molecule has 19 heavy (non-hydrogen) atoms. The van der Waals surface area contributed by atoms with Crippen LogP contribution >= 0.6 is 0 Å². The minimum absolute atomic E-state index is 0.00200. The van der Waals surface area contributed by atoms with Crippen molar-refractivity contribution in [3.63, 3.8) is 0 Å². The summed E-state index contributed by atoms with van der Waals surface area (Å²) in [4.78, 5) is 13.7. The number of nitrogens with zero attached hydrogens (tertiary/aromatic N) is 1. The van der Waals surface area contributed by atoms with Crippen molar-refractivity contribution in [2.24, 2.45) is 11.8 Å². The van der Waals surface area contributed by atoms with Crippen LogP contribution in [0.3, 0.4) is 0 Å². The Balaban J connectivity index is 1.75. The Labute approximate surface area is 115 Å². The summed E-state index contributed by atoms with van der Waals surface area (Å²) in [7, 11) is 0. The first-order chi connectivity index (χ1) is 9.26. The highest BCUT2D eigenvalue weighted by Gasteiger charge is 2.44. The molecule has 0 aromatic heterocycles. The Kier molecular flexibility index (Phi) is 5.25. The van der Waals surface area contributed by atoms with Crippen LogP contribution < -0.4 is 5.32 Å². The van der Waals surface area contributed by atoms with Gasteiger partial charge in [-0.2, -0.15) is 0 Å². The van der Waals surface area contributed by atoms with Crippen LogP contribution in [0.1, 0.15) is 38.5 Å². The van der Waals surface area contributed by atoms with Gasteiger partial charge in [0.15, 0.2) is 0 Å². The molecule has 0 aromatic carbocycles. The third-order valence-electron chi connectivity index (χ3n) is 4.41. The highest BCUT2D eigenvalue weighted by Crippen LogP contribution is 2.44. The molecule has 2 amide bonds. The molecule has 2 fully saturated rings. The van der Waals surface area contributed by atoms with E-state index in [9.17, 15) is 4.79 Å². The van der Waals surface area contributed by atoms with Gasteiger partial charge in [0.05, 0.1) is 6.61 Å². The molecule has 0 unspecified atom stereocenters. The Hall–Kier alpha value is -1.03. The molecular formula is C15H26N2O2. The summed E-state index contributed by atoms with van der Waals surface area (Å²) in [6.45, 7) is 4.51. The van der Waals surface area contributed by atoms with Gasteiger partial charge in [0.2, 0.25) is 0 Å². The molecule has 0 saturated heterocycles. The van der Waals surface area contributed by atoms with E-state index in [0.717, 1.165) is 12.3 Å². The smallest absolute Gasteiger partial charge is 0.317 e. The number of rotatable bonds is 6. The molecule has 0 heterocycles. The fraction of sp³-hybridized carbons (Fsp3) is 0.800. The monoisotopic (exact) mass is 266 g/mol. The summed E-state index contributed by atoms with van der Waals surface area (Å²) in [5, 5.41) is 12.1. The molecule has 0 aliphatic heterocycles. The fourth-order valence-corrected chi connectivity index (χ4v) is 3.27. The van der Waals surface area contributed by atoms with Gasteiger partial charge in [0.1, 0.15) is 0 Å². The van der Waals surface area contributed by atoms with E-state index in [1.165, 1.54) is 32.1 Å². The van der Waals surface area contributed by atoms with Crippen molar-refractivity contribution in [2.45, 2.75) is 44.6 Å². The third kappa shape index (κ3) is 3.96. The van der Waals surface area contributed by atoms with E-state index >= 15 is 0 Å². The van der Waals surface area contributed by atoms with E-state index in [1.54, 1.807) is 11.0 Å². The molecule has 2 rings (SSSR count). The van der Waals surface area contributed by atoms with Crippen molar-refractivity contribution >= 4 is 6.03 Å². The van der Waals surface area contributed by atoms with E-state index in [2.05, 4.69) is 11.9 Å². The topological polar surface area (TPSA) is 52.6 Å². The average Bonchev–Trinajstić information content (AvgIpc) is 3.19. The second-order valence-electron chi connectivity index (χ2n) is 5.81. The summed E-state index contributed by atoms with van der Waals surface area (Å²) in [5.74, 6) is 1.52. The van der Waals surface area contributed by atoms with E-state index in [1.807, 2.05) is 0 Å². The zero-order valence-corrected chi connectivity index (χ0v) is 11.7.